The molecule has 5 nitrogen and oxygen atoms in total. The van der Waals surface area contributed by atoms with Crippen molar-refractivity contribution in [3.8, 4) is 0 Å². The summed E-state index contributed by atoms with van der Waals surface area (Å²) in [6, 6.07) is 0. The van der Waals surface area contributed by atoms with E-state index in [2.05, 4.69) is 6.92 Å². The predicted octanol–water partition coefficient (Wildman–Crippen LogP) is 2.34. The molecule has 2 fully saturated rings. The van der Waals surface area contributed by atoms with Crippen molar-refractivity contribution in [1.82, 2.24) is 0 Å². The zero-order chi connectivity index (χ0) is 18.8. The number of aliphatic carboxylic acids is 1. The molecule has 142 valence electrons. The highest BCUT2D eigenvalue weighted by Crippen LogP contribution is 2.63. The Kier molecular flexibility index (Phi) is 4.37. The standard InChI is InChI=1S/C20H32O5/c1-11(2)20(25)9-6-13-12(16(20)22)10-14(21)15-18(13,3)7-5-8-19(15,4)17(23)24/h10-11,13-16,21-22,25H,5-9H2,1-4H3,(H,23,24)/t13-,14-,15+,16+,18+,19+,20+/m0/s1. The molecular weight excluding hydrogens is 320 g/mol. The topological polar surface area (TPSA) is 98.0 Å². The molecule has 4 N–H and O–H groups in total. The van der Waals surface area contributed by atoms with E-state index in [0.717, 1.165) is 12.8 Å². The SMILES string of the molecule is CC(C)[C@]1(O)CC[C@H]2C(=C[C@H](O)[C@@H]3[C@]2(C)CCC[C@@]3(C)C(=O)O)[C@H]1O. The van der Waals surface area contributed by atoms with Crippen LogP contribution in [-0.2, 0) is 4.79 Å². The summed E-state index contributed by atoms with van der Waals surface area (Å²) < 4.78 is 0. The van der Waals surface area contributed by atoms with Crippen molar-refractivity contribution in [3.63, 3.8) is 0 Å². The fourth-order valence-corrected chi connectivity index (χ4v) is 6.25. The Bertz CT molecular complexity index is 599. The third kappa shape index (κ3) is 2.42. The lowest BCUT2D eigenvalue weighted by molar-refractivity contribution is -0.179. The van der Waals surface area contributed by atoms with Crippen LogP contribution in [-0.4, -0.2) is 44.2 Å². The first-order valence-corrected chi connectivity index (χ1v) is 9.52. The van der Waals surface area contributed by atoms with Crippen molar-refractivity contribution >= 4 is 5.97 Å². The van der Waals surface area contributed by atoms with Gasteiger partial charge in [0.25, 0.3) is 0 Å². The predicted molar refractivity (Wildman–Crippen MR) is 93.8 cm³/mol. The van der Waals surface area contributed by atoms with E-state index in [1.54, 1.807) is 13.0 Å². The lowest BCUT2D eigenvalue weighted by Crippen LogP contribution is -2.62. The van der Waals surface area contributed by atoms with E-state index in [-0.39, 0.29) is 23.2 Å². The van der Waals surface area contributed by atoms with Crippen LogP contribution in [0.1, 0.15) is 59.8 Å². The van der Waals surface area contributed by atoms with Crippen LogP contribution in [0, 0.1) is 28.6 Å². The van der Waals surface area contributed by atoms with Crippen LogP contribution in [0.5, 0.6) is 0 Å². The summed E-state index contributed by atoms with van der Waals surface area (Å²) in [5.74, 6) is -1.32. The van der Waals surface area contributed by atoms with Gasteiger partial charge in [0.1, 0.15) is 6.10 Å². The van der Waals surface area contributed by atoms with Gasteiger partial charge in [0, 0.05) is 5.92 Å². The van der Waals surface area contributed by atoms with Crippen molar-refractivity contribution in [2.24, 2.45) is 28.6 Å². The van der Waals surface area contributed by atoms with Crippen molar-refractivity contribution in [2.45, 2.75) is 77.6 Å². The number of rotatable bonds is 2. The molecule has 0 heterocycles. The number of carboxylic acid groups (broad SMARTS) is 1. The van der Waals surface area contributed by atoms with E-state index < -0.39 is 29.2 Å². The van der Waals surface area contributed by atoms with Crippen molar-refractivity contribution in [3.05, 3.63) is 11.6 Å². The Morgan fingerprint density at radius 3 is 2.40 bits per heavy atom. The Morgan fingerprint density at radius 2 is 1.84 bits per heavy atom. The molecule has 25 heavy (non-hydrogen) atoms. The van der Waals surface area contributed by atoms with Gasteiger partial charge in [-0.1, -0.05) is 33.3 Å². The minimum atomic E-state index is -1.18. The summed E-state index contributed by atoms with van der Waals surface area (Å²) in [7, 11) is 0. The summed E-state index contributed by atoms with van der Waals surface area (Å²) in [5, 5.41) is 42.6. The van der Waals surface area contributed by atoms with E-state index in [9.17, 15) is 25.2 Å². The Morgan fingerprint density at radius 1 is 1.20 bits per heavy atom. The van der Waals surface area contributed by atoms with Gasteiger partial charge in [0.2, 0.25) is 0 Å². The molecule has 3 aliphatic carbocycles. The molecule has 0 aromatic rings. The van der Waals surface area contributed by atoms with Crippen LogP contribution in [0.2, 0.25) is 0 Å². The summed E-state index contributed by atoms with van der Waals surface area (Å²) >= 11 is 0. The number of hydrogen-bond donors (Lipinski definition) is 4. The maximum atomic E-state index is 12.0. The largest absolute Gasteiger partial charge is 0.481 e. The molecule has 5 heteroatoms. The highest BCUT2D eigenvalue weighted by molar-refractivity contribution is 5.75. The summed E-state index contributed by atoms with van der Waals surface area (Å²) in [6.45, 7) is 7.63. The van der Waals surface area contributed by atoms with E-state index in [4.69, 9.17) is 0 Å². The van der Waals surface area contributed by atoms with Crippen LogP contribution in [0.4, 0.5) is 0 Å². The molecule has 0 saturated heterocycles. The van der Waals surface area contributed by atoms with Crippen LogP contribution in [0.15, 0.2) is 11.6 Å². The van der Waals surface area contributed by atoms with Crippen LogP contribution in [0.3, 0.4) is 0 Å². The molecule has 0 unspecified atom stereocenters. The quantitative estimate of drug-likeness (QED) is 0.572. The monoisotopic (exact) mass is 352 g/mol. The molecule has 0 spiro atoms. The van der Waals surface area contributed by atoms with Crippen LogP contribution in [0.25, 0.3) is 0 Å². The number of aliphatic hydroxyl groups excluding tert-OH is 2. The maximum Gasteiger partial charge on any atom is 0.309 e. The first-order valence-electron chi connectivity index (χ1n) is 9.52. The van der Waals surface area contributed by atoms with Gasteiger partial charge < -0.3 is 20.4 Å². The number of hydrogen-bond acceptors (Lipinski definition) is 4. The van der Waals surface area contributed by atoms with Gasteiger partial charge in [-0.15, -0.1) is 0 Å². The molecule has 3 rings (SSSR count). The second-order valence-electron chi connectivity index (χ2n) is 9.36. The first-order chi connectivity index (χ1) is 11.5. The van der Waals surface area contributed by atoms with Gasteiger partial charge in [0.05, 0.1) is 17.1 Å². The molecule has 3 aliphatic rings. The lowest BCUT2D eigenvalue weighted by Gasteiger charge is -2.60. The van der Waals surface area contributed by atoms with Gasteiger partial charge in [0.15, 0.2) is 0 Å². The third-order valence-electron chi connectivity index (χ3n) is 7.82. The van der Waals surface area contributed by atoms with Gasteiger partial charge in [-0.25, -0.2) is 0 Å². The molecule has 0 bridgehead atoms. The number of aliphatic hydroxyl groups is 3. The molecule has 0 aromatic heterocycles. The lowest BCUT2D eigenvalue weighted by atomic mass is 9.44. The third-order valence-corrected chi connectivity index (χ3v) is 7.82. The molecule has 0 amide bonds. The van der Waals surface area contributed by atoms with E-state index in [0.29, 0.717) is 24.8 Å². The van der Waals surface area contributed by atoms with Gasteiger partial charge in [-0.2, -0.15) is 0 Å². The Balaban J connectivity index is 2.08. The number of carboxylic acids is 1. The second-order valence-corrected chi connectivity index (χ2v) is 9.36. The highest BCUT2D eigenvalue weighted by atomic mass is 16.4. The average molecular weight is 352 g/mol. The zero-order valence-corrected chi connectivity index (χ0v) is 15.7. The van der Waals surface area contributed by atoms with Crippen molar-refractivity contribution in [2.75, 3.05) is 0 Å². The fraction of sp³-hybridized carbons (Fsp3) is 0.850. The smallest absolute Gasteiger partial charge is 0.309 e. The van der Waals surface area contributed by atoms with E-state index in [1.807, 2.05) is 13.8 Å². The van der Waals surface area contributed by atoms with Crippen LogP contribution >= 0.6 is 0 Å². The Hall–Kier alpha value is -0.910. The van der Waals surface area contributed by atoms with Gasteiger partial charge >= 0.3 is 5.97 Å². The Labute approximate surface area is 149 Å². The van der Waals surface area contributed by atoms with Gasteiger partial charge in [-0.3, -0.25) is 4.79 Å². The maximum absolute atomic E-state index is 12.0. The minimum Gasteiger partial charge on any atom is -0.481 e. The molecule has 0 aliphatic heterocycles. The molecular formula is C20H32O5. The molecule has 0 aromatic carbocycles. The molecule has 2 saturated carbocycles. The van der Waals surface area contributed by atoms with E-state index >= 15 is 0 Å². The molecule has 0 radical (unpaired) electrons. The zero-order valence-electron chi connectivity index (χ0n) is 15.7. The second kappa shape index (κ2) is 5.80. The minimum absolute atomic E-state index is 0.00824. The average Bonchev–Trinajstić information content (AvgIpc) is 2.50. The van der Waals surface area contributed by atoms with Crippen molar-refractivity contribution < 1.29 is 25.2 Å². The normalized spacial score (nSPS) is 50.0. The van der Waals surface area contributed by atoms with E-state index in [1.165, 1.54) is 0 Å². The summed E-state index contributed by atoms with van der Waals surface area (Å²) in [4.78, 5) is 12.0. The number of carbonyl (C=O) groups is 1. The number of fused-ring (bicyclic) bond motifs is 3. The van der Waals surface area contributed by atoms with Gasteiger partial charge in [-0.05, 0) is 55.4 Å². The van der Waals surface area contributed by atoms with Crippen LogP contribution < -0.4 is 0 Å². The summed E-state index contributed by atoms with van der Waals surface area (Å²) in [5.41, 5.74) is -1.82. The van der Waals surface area contributed by atoms with Crippen molar-refractivity contribution in [1.29, 1.82) is 0 Å². The highest BCUT2D eigenvalue weighted by Gasteiger charge is 2.63. The fourth-order valence-electron chi connectivity index (χ4n) is 6.25. The molecule has 7 atom stereocenters. The first kappa shape index (κ1) is 18.9. The summed E-state index contributed by atoms with van der Waals surface area (Å²) in [6.07, 6.45) is 3.15.